The van der Waals surface area contributed by atoms with Crippen molar-refractivity contribution >= 4 is 27.5 Å². The van der Waals surface area contributed by atoms with E-state index in [0.29, 0.717) is 39.6 Å². The molecule has 0 aliphatic heterocycles. The van der Waals surface area contributed by atoms with Crippen molar-refractivity contribution < 1.29 is 18.8 Å². The maximum absolute atomic E-state index is 13.3. The van der Waals surface area contributed by atoms with Crippen LogP contribution in [0.25, 0.3) is 10.2 Å². The Balaban J connectivity index is 1.86. The summed E-state index contributed by atoms with van der Waals surface area (Å²) in [5.74, 6) is -0.220. The fourth-order valence-corrected chi connectivity index (χ4v) is 4.02. The Morgan fingerprint density at radius 1 is 1.38 bits per heavy atom. The Labute approximate surface area is 153 Å². The van der Waals surface area contributed by atoms with E-state index in [-0.39, 0.29) is 11.4 Å². The second-order valence-electron chi connectivity index (χ2n) is 6.18. The number of methoxy groups -OCH3 is 1. The van der Waals surface area contributed by atoms with Crippen molar-refractivity contribution in [2.75, 3.05) is 14.2 Å². The molecule has 0 radical (unpaired) electrons. The van der Waals surface area contributed by atoms with Gasteiger partial charge in [0, 0.05) is 5.56 Å². The number of nitrogens with zero attached hydrogens (tertiary/aromatic N) is 1. The highest BCUT2D eigenvalue weighted by atomic mass is 32.1. The van der Waals surface area contributed by atoms with Gasteiger partial charge < -0.3 is 14.6 Å². The van der Waals surface area contributed by atoms with E-state index in [1.807, 2.05) is 13.1 Å². The summed E-state index contributed by atoms with van der Waals surface area (Å²) < 4.78 is 18.1. The number of aromatic amines is 1. The first-order valence-electron chi connectivity index (χ1n) is 8.05. The number of hydrogen-bond acceptors (Lipinski definition) is 5. The molecule has 0 spiro atoms. The minimum Gasteiger partial charge on any atom is -0.465 e. The van der Waals surface area contributed by atoms with Crippen molar-refractivity contribution in [2.24, 2.45) is 0 Å². The van der Waals surface area contributed by atoms with E-state index in [1.54, 1.807) is 13.0 Å². The number of aromatic nitrogens is 2. The molecule has 0 amide bonds. The smallest absolute Gasteiger partial charge is 0.348 e. The van der Waals surface area contributed by atoms with Gasteiger partial charge in [0.25, 0.3) is 5.56 Å². The molecule has 3 rings (SSSR count). The number of carbonyl (C=O) groups excluding carboxylic acids is 1. The van der Waals surface area contributed by atoms with Crippen LogP contribution in [0.1, 0.15) is 26.6 Å². The van der Waals surface area contributed by atoms with Crippen molar-refractivity contribution in [3.63, 3.8) is 0 Å². The van der Waals surface area contributed by atoms with E-state index < -0.39 is 5.97 Å². The second-order valence-corrected chi connectivity index (χ2v) is 7.18. The van der Waals surface area contributed by atoms with E-state index in [2.05, 4.69) is 9.97 Å². The minimum atomic E-state index is -0.472. The second kappa shape index (κ2) is 7.35. The SMILES string of the molecule is COC(=O)c1sc2nc(C[NH+](C)Cc3cccc(F)c3)[nH]c(=O)c2c1C. The molecule has 3 aromatic rings. The Hall–Kier alpha value is -2.58. The van der Waals surface area contributed by atoms with Crippen LogP contribution in [0.15, 0.2) is 29.1 Å². The van der Waals surface area contributed by atoms with Crippen molar-refractivity contribution in [1.82, 2.24) is 9.97 Å². The van der Waals surface area contributed by atoms with Crippen molar-refractivity contribution in [1.29, 1.82) is 0 Å². The topological polar surface area (TPSA) is 76.5 Å². The number of esters is 1. The number of ether oxygens (including phenoxy) is 1. The molecule has 8 heteroatoms. The lowest BCUT2D eigenvalue weighted by molar-refractivity contribution is -0.908. The number of rotatable bonds is 5. The van der Waals surface area contributed by atoms with Gasteiger partial charge in [-0.2, -0.15) is 0 Å². The standard InChI is InChI=1S/C18H18FN3O3S/c1-10-14-16(23)20-13(21-17(14)26-15(10)18(24)25-3)9-22(2)8-11-5-4-6-12(19)7-11/h4-7H,8-9H2,1-3H3,(H,20,21,23)/p+1. The van der Waals surface area contributed by atoms with Gasteiger partial charge >= 0.3 is 5.97 Å². The largest absolute Gasteiger partial charge is 0.465 e. The molecule has 136 valence electrons. The zero-order valence-corrected chi connectivity index (χ0v) is 15.5. The monoisotopic (exact) mass is 376 g/mol. The van der Waals surface area contributed by atoms with E-state index in [1.165, 1.54) is 19.2 Å². The summed E-state index contributed by atoms with van der Waals surface area (Å²) in [7, 11) is 3.24. The number of fused-ring (bicyclic) bond motifs is 1. The van der Waals surface area contributed by atoms with Gasteiger partial charge in [0.1, 0.15) is 28.6 Å². The number of halogens is 1. The fraction of sp³-hybridized carbons (Fsp3) is 0.278. The van der Waals surface area contributed by atoms with Gasteiger partial charge in [0.05, 0.1) is 19.5 Å². The van der Waals surface area contributed by atoms with Crippen molar-refractivity contribution in [3.8, 4) is 0 Å². The van der Waals surface area contributed by atoms with Crippen LogP contribution in [0.5, 0.6) is 0 Å². The highest BCUT2D eigenvalue weighted by Crippen LogP contribution is 2.27. The molecule has 0 saturated heterocycles. The quantitative estimate of drug-likeness (QED) is 0.661. The molecule has 2 heterocycles. The number of H-pyrrole nitrogens is 1. The van der Waals surface area contributed by atoms with E-state index >= 15 is 0 Å². The summed E-state index contributed by atoms with van der Waals surface area (Å²) >= 11 is 1.15. The third-order valence-corrected chi connectivity index (χ3v) is 5.25. The molecule has 1 aromatic carbocycles. The summed E-state index contributed by atoms with van der Waals surface area (Å²) in [6.07, 6.45) is 0. The highest BCUT2D eigenvalue weighted by Gasteiger charge is 2.20. The average Bonchev–Trinajstić information content (AvgIpc) is 2.91. The van der Waals surface area contributed by atoms with E-state index in [0.717, 1.165) is 21.8 Å². The Bertz CT molecular complexity index is 1030. The normalized spacial score (nSPS) is 12.3. The average molecular weight is 376 g/mol. The van der Waals surface area contributed by atoms with Crippen LogP contribution in [0.4, 0.5) is 4.39 Å². The first-order valence-corrected chi connectivity index (χ1v) is 8.87. The van der Waals surface area contributed by atoms with Gasteiger partial charge in [-0.3, -0.25) is 4.79 Å². The molecule has 6 nitrogen and oxygen atoms in total. The van der Waals surface area contributed by atoms with Gasteiger partial charge in [-0.15, -0.1) is 11.3 Å². The van der Waals surface area contributed by atoms with Crippen molar-refractivity contribution in [2.45, 2.75) is 20.0 Å². The predicted octanol–water partition coefficient (Wildman–Crippen LogP) is 1.43. The molecular weight excluding hydrogens is 357 g/mol. The fourth-order valence-electron chi connectivity index (χ4n) is 2.90. The molecule has 2 aromatic heterocycles. The number of thiophene rings is 1. The van der Waals surface area contributed by atoms with Gasteiger partial charge in [-0.1, -0.05) is 12.1 Å². The highest BCUT2D eigenvalue weighted by molar-refractivity contribution is 7.20. The maximum Gasteiger partial charge on any atom is 0.348 e. The predicted molar refractivity (Wildman–Crippen MR) is 97.0 cm³/mol. The minimum absolute atomic E-state index is 0.271. The molecular formula is C18H19FN3O3S+. The number of hydrogen-bond donors (Lipinski definition) is 2. The van der Waals surface area contributed by atoms with Crippen LogP contribution in [0, 0.1) is 12.7 Å². The lowest BCUT2D eigenvalue weighted by atomic mass is 10.2. The lowest BCUT2D eigenvalue weighted by Crippen LogP contribution is -3.06. The third-order valence-electron chi connectivity index (χ3n) is 4.08. The number of quaternary nitrogens is 1. The van der Waals surface area contributed by atoms with Gasteiger partial charge in [-0.25, -0.2) is 14.2 Å². The number of carbonyl (C=O) groups is 1. The van der Waals surface area contributed by atoms with Gasteiger partial charge in [0.2, 0.25) is 0 Å². The lowest BCUT2D eigenvalue weighted by Gasteiger charge is -2.13. The third kappa shape index (κ3) is 3.66. The Morgan fingerprint density at radius 2 is 2.15 bits per heavy atom. The van der Waals surface area contributed by atoms with Crippen LogP contribution in [-0.4, -0.2) is 30.1 Å². The van der Waals surface area contributed by atoms with Gasteiger partial charge in [-0.05, 0) is 24.6 Å². The molecule has 0 aliphatic carbocycles. The number of aryl methyl sites for hydroxylation is 1. The Morgan fingerprint density at radius 3 is 2.85 bits per heavy atom. The van der Waals surface area contributed by atoms with Crippen LogP contribution >= 0.6 is 11.3 Å². The van der Waals surface area contributed by atoms with Crippen LogP contribution < -0.4 is 10.5 Å². The van der Waals surface area contributed by atoms with Crippen LogP contribution in [0.2, 0.25) is 0 Å². The summed E-state index contributed by atoms with van der Waals surface area (Å²) in [6.45, 7) is 2.77. The van der Waals surface area contributed by atoms with E-state index in [4.69, 9.17) is 4.74 Å². The molecule has 26 heavy (non-hydrogen) atoms. The molecule has 1 atom stereocenters. The molecule has 0 fully saturated rings. The number of benzene rings is 1. The summed E-state index contributed by atoms with van der Waals surface area (Å²) in [4.78, 5) is 33.5. The van der Waals surface area contributed by atoms with Crippen LogP contribution in [0.3, 0.4) is 0 Å². The van der Waals surface area contributed by atoms with Gasteiger partial charge in [0.15, 0.2) is 5.82 Å². The maximum atomic E-state index is 13.3. The zero-order chi connectivity index (χ0) is 18.8. The molecule has 0 bridgehead atoms. The van der Waals surface area contributed by atoms with Crippen molar-refractivity contribution in [3.05, 3.63) is 62.3 Å². The molecule has 0 saturated carbocycles. The first-order chi connectivity index (χ1) is 12.4. The molecule has 2 N–H and O–H groups in total. The first kappa shape index (κ1) is 18.2. The number of nitrogens with one attached hydrogen (secondary N) is 2. The summed E-state index contributed by atoms with van der Waals surface area (Å²) in [5, 5.41) is 0.418. The van der Waals surface area contributed by atoms with Crippen LogP contribution in [-0.2, 0) is 17.8 Å². The zero-order valence-electron chi connectivity index (χ0n) is 14.7. The molecule has 1 unspecified atom stereocenters. The Kier molecular flexibility index (Phi) is 5.15. The van der Waals surface area contributed by atoms with E-state index in [9.17, 15) is 14.0 Å². The summed E-state index contributed by atoms with van der Waals surface area (Å²) in [6, 6.07) is 6.43. The summed E-state index contributed by atoms with van der Waals surface area (Å²) in [5.41, 5.74) is 1.18. The molecule has 0 aliphatic rings.